The number of halogens is 1. The van der Waals surface area contributed by atoms with Crippen molar-refractivity contribution in [3.8, 4) is 0 Å². The lowest BCUT2D eigenvalue weighted by atomic mass is 10.2. The number of aromatic nitrogens is 2. The van der Waals surface area contributed by atoms with Crippen LogP contribution in [0, 0.1) is 0 Å². The van der Waals surface area contributed by atoms with Crippen LogP contribution in [-0.2, 0) is 11.3 Å². The van der Waals surface area contributed by atoms with Gasteiger partial charge in [-0.3, -0.25) is 9.36 Å². The SMILES string of the molecule is O=c1c2cc(Br)ccc2ncn1CCOCCS. The number of thiol groups is 1. The first-order chi connectivity index (χ1) is 8.72. The molecule has 0 fully saturated rings. The van der Waals surface area contributed by atoms with Crippen molar-refractivity contribution in [3.63, 3.8) is 0 Å². The Balaban J connectivity index is 2.24. The van der Waals surface area contributed by atoms with E-state index in [2.05, 4.69) is 33.5 Å². The quantitative estimate of drug-likeness (QED) is 0.675. The molecule has 0 aliphatic rings. The fourth-order valence-electron chi connectivity index (χ4n) is 1.62. The Labute approximate surface area is 119 Å². The second kappa shape index (κ2) is 6.36. The van der Waals surface area contributed by atoms with Crippen LogP contribution in [0.15, 0.2) is 33.8 Å². The van der Waals surface area contributed by atoms with Gasteiger partial charge in [0.2, 0.25) is 0 Å². The maximum Gasteiger partial charge on any atom is 0.261 e. The number of hydrogen-bond donors (Lipinski definition) is 1. The van der Waals surface area contributed by atoms with Crippen LogP contribution in [0.1, 0.15) is 0 Å². The second-order valence-corrected chi connectivity index (χ2v) is 5.10. The minimum absolute atomic E-state index is 0.0456. The zero-order valence-corrected chi connectivity index (χ0v) is 12.2. The average molecular weight is 329 g/mol. The Morgan fingerprint density at radius 2 is 2.22 bits per heavy atom. The highest BCUT2D eigenvalue weighted by atomic mass is 79.9. The topological polar surface area (TPSA) is 44.1 Å². The second-order valence-electron chi connectivity index (χ2n) is 3.74. The third-order valence-electron chi connectivity index (χ3n) is 2.50. The van der Waals surface area contributed by atoms with Gasteiger partial charge < -0.3 is 4.74 Å². The van der Waals surface area contributed by atoms with Crippen LogP contribution in [-0.4, -0.2) is 28.5 Å². The molecular weight excluding hydrogens is 316 g/mol. The zero-order chi connectivity index (χ0) is 13.0. The molecule has 96 valence electrons. The smallest absolute Gasteiger partial charge is 0.261 e. The summed E-state index contributed by atoms with van der Waals surface area (Å²) in [6.07, 6.45) is 1.56. The summed E-state index contributed by atoms with van der Waals surface area (Å²) in [6, 6.07) is 5.48. The molecule has 1 aromatic carbocycles. The Morgan fingerprint density at radius 3 is 3.00 bits per heavy atom. The van der Waals surface area contributed by atoms with E-state index < -0.39 is 0 Å². The van der Waals surface area contributed by atoms with Crippen LogP contribution in [0.3, 0.4) is 0 Å². The molecule has 0 saturated carbocycles. The first-order valence-corrected chi connectivity index (χ1v) is 6.98. The average Bonchev–Trinajstić information content (AvgIpc) is 2.38. The van der Waals surface area contributed by atoms with Crippen molar-refractivity contribution in [1.29, 1.82) is 0 Å². The van der Waals surface area contributed by atoms with Gasteiger partial charge in [0.15, 0.2) is 0 Å². The molecule has 0 bridgehead atoms. The summed E-state index contributed by atoms with van der Waals surface area (Å²) < 4.78 is 7.74. The number of benzene rings is 1. The van der Waals surface area contributed by atoms with Crippen molar-refractivity contribution in [2.75, 3.05) is 19.0 Å². The van der Waals surface area contributed by atoms with Gasteiger partial charge in [0, 0.05) is 10.2 Å². The third-order valence-corrected chi connectivity index (χ3v) is 3.17. The van der Waals surface area contributed by atoms with Gasteiger partial charge in [-0.15, -0.1) is 0 Å². The van der Waals surface area contributed by atoms with Gasteiger partial charge in [0.05, 0.1) is 37.0 Å². The van der Waals surface area contributed by atoms with Gasteiger partial charge in [0.1, 0.15) is 0 Å². The third kappa shape index (κ3) is 3.13. The van der Waals surface area contributed by atoms with Gasteiger partial charge in [-0.2, -0.15) is 12.6 Å². The molecule has 0 aliphatic heterocycles. The molecule has 1 heterocycles. The summed E-state index contributed by atoms with van der Waals surface area (Å²) in [6.45, 7) is 1.58. The number of ether oxygens (including phenoxy) is 1. The molecule has 0 N–H and O–H groups in total. The normalized spacial score (nSPS) is 11.0. The van der Waals surface area contributed by atoms with E-state index in [1.54, 1.807) is 17.0 Å². The van der Waals surface area contributed by atoms with E-state index >= 15 is 0 Å². The van der Waals surface area contributed by atoms with Crippen LogP contribution >= 0.6 is 28.6 Å². The molecule has 2 aromatic rings. The first kappa shape index (κ1) is 13.6. The molecule has 0 spiro atoms. The Kier molecular flexibility index (Phi) is 4.79. The Morgan fingerprint density at radius 1 is 1.39 bits per heavy atom. The van der Waals surface area contributed by atoms with Crippen molar-refractivity contribution in [2.24, 2.45) is 0 Å². The Hall–Kier alpha value is -0.850. The standard InChI is InChI=1S/C12H13BrN2O2S/c13-9-1-2-11-10(7-9)12(16)15(8-14-11)3-4-17-5-6-18/h1-2,7-8,18H,3-6H2. The van der Waals surface area contributed by atoms with Gasteiger partial charge in [0.25, 0.3) is 5.56 Å². The molecule has 0 saturated heterocycles. The molecule has 0 unspecified atom stereocenters. The fourth-order valence-corrected chi connectivity index (χ4v) is 2.11. The summed E-state index contributed by atoms with van der Waals surface area (Å²) in [4.78, 5) is 16.4. The highest BCUT2D eigenvalue weighted by Gasteiger charge is 2.04. The lowest BCUT2D eigenvalue weighted by Gasteiger charge is -2.07. The summed E-state index contributed by atoms with van der Waals surface area (Å²) in [5.74, 6) is 0.678. The van der Waals surface area contributed by atoms with E-state index in [1.807, 2.05) is 12.1 Å². The summed E-state index contributed by atoms with van der Waals surface area (Å²) >= 11 is 7.40. The molecule has 2 rings (SSSR count). The van der Waals surface area contributed by atoms with Gasteiger partial charge >= 0.3 is 0 Å². The zero-order valence-electron chi connectivity index (χ0n) is 9.67. The molecule has 1 aromatic heterocycles. The van der Waals surface area contributed by atoms with E-state index in [1.165, 1.54) is 0 Å². The lowest BCUT2D eigenvalue weighted by Crippen LogP contribution is -2.23. The molecule has 6 heteroatoms. The van der Waals surface area contributed by atoms with E-state index in [0.717, 1.165) is 4.47 Å². The van der Waals surface area contributed by atoms with E-state index in [0.29, 0.717) is 36.4 Å². The van der Waals surface area contributed by atoms with Crippen LogP contribution in [0.5, 0.6) is 0 Å². The van der Waals surface area contributed by atoms with Crippen molar-refractivity contribution in [3.05, 3.63) is 39.4 Å². The minimum atomic E-state index is -0.0456. The van der Waals surface area contributed by atoms with Crippen molar-refractivity contribution in [1.82, 2.24) is 9.55 Å². The molecule has 0 aliphatic carbocycles. The number of nitrogens with zero attached hydrogens (tertiary/aromatic N) is 2. The Bertz CT molecular complexity index is 600. The molecule has 0 amide bonds. The number of rotatable bonds is 5. The number of hydrogen-bond acceptors (Lipinski definition) is 4. The van der Waals surface area contributed by atoms with Gasteiger partial charge in [-0.05, 0) is 18.2 Å². The predicted molar refractivity (Wildman–Crippen MR) is 78.4 cm³/mol. The van der Waals surface area contributed by atoms with Crippen molar-refractivity contribution in [2.45, 2.75) is 6.54 Å². The van der Waals surface area contributed by atoms with E-state index in [4.69, 9.17) is 4.74 Å². The molecule has 4 nitrogen and oxygen atoms in total. The highest BCUT2D eigenvalue weighted by Crippen LogP contribution is 2.14. The maximum atomic E-state index is 12.2. The highest BCUT2D eigenvalue weighted by molar-refractivity contribution is 9.10. The minimum Gasteiger partial charge on any atom is -0.379 e. The predicted octanol–water partition coefficient (Wildman–Crippen LogP) is 2.11. The molecular formula is C12H13BrN2O2S. The monoisotopic (exact) mass is 328 g/mol. The fraction of sp³-hybridized carbons (Fsp3) is 0.333. The first-order valence-electron chi connectivity index (χ1n) is 5.55. The van der Waals surface area contributed by atoms with E-state index in [-0.39, 0.29) is 5.56 Å². The van der Waals surface area contributed by atoms with Crippen LogP contribution in [0.2, 0.25) is 0 Å². The van der Waals surface area contributed by atoms with Crippen molar-refractivity contribution >= 4 is 39.5 Å². The van der Waals surface area contributed by atoms with Crippen LogP contribution in [0.25, 0.3) is 10.9 Å². The van der Waals surface area contributed by atoms with Crippen LogP contribution in [0.4, 0.5) is 0 Å². The maximum absolute atomic E-state index is 12.2. The number of fused-ring (bicyclic) bond motifs is 1. The summed E-state index contributed by atoms with van der Waals surface area (Å²) in [5, 5.41) is 0.612. The molecule has 0 radical (unpaired) electrons. The molecule has 18 heavy (non-hydrogen) atoms. The van der Waals surface area contributed by atoms with Gasteiger partial charge in [-0.25, -0.2) is 4.98 Å². The lowest BCUT2D eigenvalue weighted by molar-refractivity contribution is 0.140. The molecule has 0 atom stereocenters. The van der Waals surface area contributed by atoms with Gasteiger partial charge in [-0.1, -0.05) is 15.9 Å². The van der Waals surface area contributed by atoms with E-state index in [9.17, 15) is 4.79 Å². The summed E-state index contributed by atoms with van der Waals surface area (Å²) in [5.41, 5.74) is 0.659. The van der Waals surface area contributed by atoms with Crippen LogP contribution < -0.4 is 5.56 Å². The van der Waals surface area contributed by atoms with Crippen molar-refractivity contribution < 1.29 is 4.74 Å². The largest absolute Gasteiger partial charge is 0.379 e. The summed E-state index contributed by atoms with van der Waals surface area (Å²) in [7, 11) is 0.